The molecular formula is C16H24N2O4. The van der Waals surface area contributed by atoms with Gasteiger partial charge in [0, 0.05) is 24.3 Å². The summed E-state index contributed by atoms with van der Waals surface area (Å²) in [5.41, 5.74) is 2.43. The fraction of sp³-hybridized carbons (Fsp3) is 0.562. The number of carbonyl (C=O) groups excluding carboxylic acids is 2. The number of hydrogen-bond donors (Lipinski definition) is 2. The van der Waals surface area contributed by atoms with Crippen LogP contribution in [0.2, 0.25) is 0 Å². The number of rotatable bonds is 8. The van der Waals surface area contributed by atoms with Crippen LogP contribution in [0.1, 0.15) is 65.7 Å². The summed E-state index contributed by atoms with van der Waals surface area (Å²) in [6.07, 6.45) is 1.36. The first kappa shape index (κ1) is 17.9. The van der Waals surface area contributed by atoms with E-state index in [2.05, 4.69) is 4.98 Å². The summed E-state index contributed by atoms with van der Waals surface area (Å²) >= 11 is 0. The molecular weight excluding hydrogens is 284 g/mol. The quantitative estimate of drug-likeness (QED) is 0.722. The zero-order chi connectivity index (χ0) is 16.9. The van der Waals surface area contributed by atoms with E-state index in [-0.39, 0.29) is 24.7 Å². The van der Waals surface area contributed by atoms with Crippen LogP contribution >= 0.6 is 0 Å². The number of aliphatic carboxylic acids is 1. The third-order valence-corrected chi connectivity index (χ3v) is 3.62. The Morgan fingerprint density at radius 3 is 2.32 bits per heavy atom. The molecule has 0 aliphatic carbocycles. The average molecular weight is 308 g/mol. The van der Waals surface area contributed by atoms with Gasteiger partial charge in [0.1, 0.15) is 5.69 Å². The Morgan fingerprint density at radius 1 is 1.23 bits per heavy atom. The number of H-pyrrole nitrogens is 1. The predicted molar refractivity (Wildman–Crippen MR) is 83.4 cm³/mol. The van der Waals surface area contributed by atoms with Gasteiger partial charge in [-0.05, 0) is 32.8 Å². The second-order valence-corrected chi connectivity index (χ2v) is 5.31. The molecule has 1 heterocycles. The first-order chi connectivity index (χ1) is 10.3. The van der Waals surface area contributed by atoms with Crippen molar-refractivity contribution in [2.45, 2.75) is 47.0 Å². The van der Waals surface area contributed by atoms with E-state index in [1.54, 1.807) is 13.8 Å². The second kappa shape index (κ2) is 7.77. The SMILES string of the molecule is CCCc1c(C(=O)N(CC)CCC(=O)O)[nH]c(C)c1C(C)=O. The van der Waals surface area contributed by atoms with Gasteiger partial charge in [0.2, 0.25) is 0 Å². The Morgan fingerprint density at radius 2 is 1.86 bits per heavy atom. The molecule has 1 amide bonds. The number of nitrogens with zero attached hydrogens (tertiary/aromatic N) is 1. The lowest BCUT2D eigenvalue weighted by Gasteiger charge is -2.20. The Labute approximate surface area is 130 Å². The number of hydrogen-bond acceptors (Lipinski definition) is 3. The van der Waals surface area contributed by atoms with Crippen molar-refractivity contribution in [3.63, 3.8) is 0 Å². The van der Waals surface area contributed by atoms with Gasteiger partial charge < -0.3 is 15.0 Å². The molecule has 0 radical (unpaired) electrons. The minimum atomic E-state index is -0.938. The molecule has 1 rings (SSSR count). The summed E-state index contributed by atoms with van der Waals surface area (Å²) in [6.45, 7) is 7.64. The van der Waals surface area contributed by atoms with Gasteiger partial charge >= 0.3 is 5.97 Å². The van der Waals surface area contributed by atoms with Gasteiger partial charge in [-0.1, -0.05) is 13.3 Å². The fourth-order valence-corrected chi connectivity index (χ4v) is 2.63. The number of amides is 1. The molecule has 0 unspecified atom stereocenters. The summed E-state index contributed by atoms with van der Waals surface area (Å²) < 4.78 is 0. The number of aromatic nitrogens is 1. The van der Waals surface area contributed by atoms with Gasteiger partial charge in [-0.15, -0.1) is 0 Å². The third kappa shape index (κ3) is 3.96. The second-order valence-electron chi connectivity index (χ2n) is 5.31. The number of carbonyl (C=O) groups is 3. The van der Waals surface area contributed by atoms with Gasteiger partial charge in [-0.3, -0.25) is 14.4 Å². The van der Waals surface area contributed by atoms with Crippen LogP contribution in [0.3, 0.4) is 0 Å². The molecule has 22 heavy (non-hydrogen) atoms. The van der Waals surface area contributed by atoms with Gasteiger partial charge in [-0.25, -0.2) is 0 Å². The van der Waals surface area contributed by atoms with E-state index < -0.39 is 5.97 Å². The van der Waals surface area contributed by atoms with E-state index in [4.69, 9.17) is 5.11 Å². The number of aryl methyl sites for hydroxylation is 1. The zero-order valence-corrected chi connectivity index (χ0v) is 13.7. The maximum absolute atomic E-state index is 12.7. The molecule has 1 aromatic rings. The molecule has 122 valence electrons. The van der Waals surface area contributed by atoms with Crippen LogP contribution in [0.4, 0.5) is 0 Å². The molecule has 0 atom stereocenters. The standard InChI is InChI=1S/C16H24N2O4/c1-5-7-12-14(11(4)19)10(3)17-15(12)16(22)18(6-2)9-8-13(20)21/h17H,5-9H2,1-4H3,(H,20,21). The van der Waals surface area contributed by atoms with Crippen molar-refractivity contribution < 1.29 is 19.5 Å². The van der Waals surface area contributed by atoms with Gasteiger partial charge in [-0.2, -0.15) is 0 Å². The molecule has 0 aromatic carbocycles. The van der Waals surface area contributed by atoms with Crippen molar-refractivity contribution in [2.24, 2.45) is 0 Å². The lowest BCUT2D eigenvalue weighted by Crippen LogP contribution is -2.33. The monoisotopic (exact) mass is 308 g/mol. The number of aromatic amines is 1. The Balaban J connectivity index is 3.18. The van der Waals surface area contributed by atoms with Crippen molar-refractivity contribution in [3.05, 3.63) is 22.5 Å². The van der Waals surface area contributed by atoms with Crippen LogP contribution in [0.5, 0.6) is 0 Å². The van der Waals surface area contributed by atoms with Gasteiger partial charge in [0.25, 0.3) is 5.91 Å². The molecule has 2 N–H and O–H groups in total. The van der Waals surface area contributed by atoms with Crippen LogP contribution in [-0.4, -0.2) is 45.7 Å². The molecule has 0 aliphatic heterocycles. The summed E-state index contributed by atoms with van der Waals surface area (Å²) in [7, 11) is 0. The smallest absolute Gasteiger partial charge is 0.305 e. The topological polar surface area (TPSA) is 90.5 Å². The first-order valence-electron chi connectivity index (χ1n) is 7.56. The summed E-state index contributed by atoms with van der Waals surface area (Å²) in [5.74, 6) is -1.25. The van der Waals surface area contributed by atoms with E-state index in [1.807, 2.05) is 6.92 Å². The Hall–Kier alpha value is -2.11. The summed E-state index contributed by atoms with van der Waals surface area (Å²) in [4.78, 5) is 39.7. The van der Waals surface area contributed by atoms with Gasteiger partial charge in [0.05, 0.1) is 6.42 Å². The number of carboxylic acid groups (broad SMARTS) is 1. The number of nitrogens with one attached hydrogen (secondary N) is 1. The normalized spacial score (nSPS) is 10.5. The minimum Gasteiger partial charge on any atom is -0.481 e. The van der Waals surface area contributed by atoms with Crippen molar-refractivity contribution in [1.82, 2.24) is 9.88 Å². The lowest BCUT2D eigenvalue weighted by atomic mass is 10.0. The Kier molecular flexibility index (Phi) is 6.34. The van der Waals surface area contributed by atoms with Crippen LogP contribution in [-0.2, 0) is 11.2 Å². The van der Waals surface area contributed by atoms with Crippen LogP contribution < -0.4 is 0 Å². The van der Waals surface area contributed by atoms with E-state index in [9.17, 15) is 14.4 Å². The fourth-order valence-electron chi connectivity index (χ4n) is 2.63. The van der Waals surface area contributed by atoms with Gasteiger partial charge in [0.15, 0.2) is 5.78 Å². The highest BCUT2D eigenvalue weighted by molar-refractivity contribution is 6.02. The highest BCUT2D eigenvalue weighted by Crippen LogP contribution is 2.22. The highest BCUT2D eigenvalue weighted by atomic mass is 16.4. The Bertz CT molecular complexity index is 575. The predicted octanol–water partition coefficient (Wildman–Crippen LogP) is 2.42. The first-order valence-corrected chi connectivity index (χ1v) is 7.56. The van der Waals surface area contributed by atoms with Crippen molar-refractivity contribution in [1.29, 1.82) is 0 Å². The molecule has 0 fully saturated rings. The zero-order valence-electron chi connectivity index (χ0n) is 13.7. The molecule has 0 saturated heterocycles. The summed E-state index contributed by atoms with van der Waals surface area (Å²) in [5, 5.41) is 8.78. The third-order valence-electron chi connectivity index (χ3n) is 3.62. The molecule has 0 spiro atoms. The van der Waals surface area contributed by atoms with E-state index in [0.29, 0.717) is 29.9 Å². The van der Waals surface area contributed by atoms with E-state index in [1.165, 1.54) is 11.8 Å². The van der Waals surface area contributed by atoms with E-state index >= 15 is 0 Å². The van der Waals surface area contributed by atoms with Crippen LogP contribution in [0.25, 0.3) is 0 Å². The lowest BCUT2D eigenvalue weighted by molar-refractivity contribution is -0.137. The molecule has 6 nitrogen and oxygen atoms in total. The van der Waals surface area contributed by atoms with Crippen LogP contribution in [0.15, 0.2) is 0 Å². The largest absolute Gasteiger partial charge is 0.481 e. The van der Waals surface area contributed by atoms with Crippen molar-refractivity contribution in [2.75, 3.05) is 13.1 Å². The minimum absolute atomic E-state index is 0.0650. The van der Waals surface area contributed by atoms with Crippen molar-refractivity contribution in [3.8, 4) is 0 Å². The summed E-state index contributed by atoms with van der Waals surface area (Å²) in [6, 6.07) is 0. The number of Topliss-reactive ketones (excluding diaryl/α,β-unsaturated/α-hetero) is 1. The molecule has 6 heteroatoms. The van der Waals surface area contributed by atoms with Crippen molar-refractivity contribution >= 4 is 17.7 Å². The van der Waals surface area contributed by atoms with Crippen LogP contribution in [0, 0.1) is 6.92 Å². The van der Waals surface area contributed by atoms with E-state index in [0.717, 1.165) is 12.0 Å². The highest BCUT2D eigenvalue weighted by Gasteiger charge is 2.25. The molecule has 1 aromatic heterocycles. The molecule has 0 bridgehead atoms. The maximum Gasteiger partial charge on any atom is 0.305 e. The average Bonchev–Trinajstić information content (AvgIpc) is 2.76. The number of ketones is 1. The molecule has 0 saturated carbocycles. The maximum atomic E-state index is 12.7. The number of carboxylic acids is 1. The molecule has 0 aliphatic rings.